The highest BCUT2D eigenvalue weighted by Gasteiger charge is 2.42. The highest BCUT2D eigenvalue weighted by Crippen LogP contribution is 2.43. The average molecular weight is 540 g/mol. The molecule has 1 amide bonds. The Hall–Kier alpha value is -4.50. The van der Waals surface area contributed by atoms with Crippen LogP contribution < -0.4 is 15.5 Å². The molecule has 0 bridgehead atoms. The summed E-state index contributed by atoms with van der Waals surface area (Å²) < 4.78 is 2.04. The number of amides is 1. The summed E-state index contributed by atoms with van der Waals surface area (Å²) in [5.74, 6) is -1.13. The molecule has 9 heteroatoms. The van der Waals surface area contributed by atoms with Gasteiger partial charge in [0.05, 0.1) is 17.3 Å². The molecule has 1 aliphatic heterocycles. The smallest absolute Gasteiger partial charge is 0.335 e. The predicted octanol–water partition coefficient (Wildman–Crippen LogP) is 5.65. The first kappa shape index (κ1) is 26.1. The molecule has 198 valence electrons. The number of carbonyl (C=O) groups excluding carboxylic acids is 1. The molecule has 8 nitrogen and oxygen atoms in total. The molecule has 1 aliphatic rings. The van der Waals surface area contributed by atoms with Gasteiger partial charge in [0.15, 0.2) is 5.11 Å². The monoisotopic (exact) mass is 539 g/mol. The second-order valence-electron chi connectivity index (χ2n) is 9.79. The van der Waals surface area contributed by atoms with E-state index in [2.05, 4.69) is 20.5 Å². The van der Waals surface area contributed by atoms with Crippen molar-refractivity contribution in [2.24, 2.45) is 5.92 Å². The second-order valence-corrected chi connectivity index (χ2v) is 10.2. The molecule has 1 fully saturated rings. The van der Waals surface area contributed by atoms with Crippen molar-refractivity contribution in [1.29, 1.82) is 0 Å². The zero-order valence-electron chi connectivity index (χ0n) is 21.8. The molecule has 3 heterocycles. The molecule has 4 aromatic rings. The van der Waals surface area contributed by atoms with Crippen molar-refractivity contribution in [1.82, 2.24) is 14.9 Å². The minimum Gasteiger partial charge on any atom is -0.478 e. The molecule has 5 rings (SSSR count). The number of aromatic nitrogens is 2. The van der Waals surface area contributed by atoms with Crippen LogP contribution in [-0.4, -0.2) is 31.6 Å². The summed E-state index contributed by atoms with van der Waals surface area (Å²) in [6, 6.07) is 22.0. The van der Waals surface area contributed by atoms with Crippen LogP contribution in [0.2, 0.25) is 0 Å². The van der Waals surface area contributed by atoms with Crippen molar-refractivity contribution in [3.05, 3.63) is 108 Å². The van der Waals surface area contributed by atoms with Gasteiger partial charge in [0.1, 0.15) is 6.04 Å². The number of benzene rings is 2. The number of nitrogens with zero attached hydrogens (tertiary/aromatic N) is 3. The molecule has 1 saturated heterocycles. The number of rotatable bonds is 7. The van der Waals surface area contributed by atoms with Gasteiger partial charge in [-0.25, -0.2) is 4.79 Å². The highest BCUT2D eigenvalue weighted by molar-refractivity contribution is 7.80. The third kappa shape index (κ3) is 5.13. The molecule has 2 atom stereocenters. The first-order chi connectivity index (χ1) is 18.7. The van der Waals surface area contributed by atoms with Crippen LogP contribution in [0.4, 0.5) is 11.4 Å². The first-order valence-corrected chi connectivity index (χ1v) is 13.1. The van der Waals surface area contributed by atoms with Crippen molar-refractivity contribution in [3.63, 3.8) is 0 Å². The fraction of sp³-hybridized carbons (Fsp3) is 0.200. The minimum absolute atomic E-state index is 0.0379. The van der Waals surface area contributed by atoms with Crippen molar-refractivity contribution < 1.29 is 14.7 Å². The Morgan fingerprint density at radius 1 is 1.03 bits per heavy atom. The summed E-state index contributed by atoms with van der Waals surface area (Å²) in [7, 11) is 0. The maximum Gasteiger partial charge on any atom is 0.335 e. The average Bonchev–Trinajstić information content (AvgIpc) is 3.54. The topological polar surface area (TPSA) is 99.5 Å². The number of aryl methyl sites for hydroxylation is 1. The third-order valence-electron chi connectivity index (χ3n) is 6.84. The van der Waals surface area contributed by atoms with Gasteiger partial charge in [0.25, 0.3) is 0 Å². The van der Waals surface area contributed by atoms with E-state index in [9.17, 15) is 14.7 Å². The van der Waals surface area contributed by atoms with Gasteiger partial charge in [-0.15, -0.1) is 0 Å². The van der Waals surface area contributed by atoms with Gasteiger partial charge in [0.2, 0.25) is 5.91 Å². The number of hydrogen-bond donors (Lipinski definition) is 3. The van der Waals surface area contributed by atoms with Gasteiger partial charge >= 0.3 is 5.97 Å². The Bertz CT molecular complexity index is 1530. The van der Waals surface area contributed by atoms with Crippen LogP contribution in [-0.2, 0) is 4.79 Å². The fourth-order valence-corrected chi connectivity index (χ4v) is 5.13. The Labute approximate surface area is 232 Å². The van der Waals surface area contributed by atoms with Crippen LogP contribution >= 0.6 is 12.2 Å². The number of thiocarbonyl (C=S) groups is 1. The Balaban J connectivity index is 1.59. The minimum atomic E-state index is -0.968. The van der Waals surface area contributed by atoms with E-state index in [1.54, 1.807) is 30.5 Å². The van der Waals surface area contributed by atoms with E-state index >= 15 is 0 Å². The lowest BCUT2D eigenvalue weighted by Crippen LogP contribution is -2.30. The molecular formula is C30H29N5O3S. The first-order valence-electron chi connectivity index (χ1n) is 12.7. The molecule has 0 radical (unpaired) electrons. The van der Waals surface area contributed by atoms with Crippen molar-refractivity contribution in [2.45, 2.75) is 32.9 Å². The normalized spacial score (nSPS) is 16.8. The summed E-state index contributed by atoms with van der Waals surface area (Å²) in [6.07, 6.45) is 3.72. The number of carboxylic acid groups (broad SMARTS) is 1. The highest BCUT2D eigenvalue weighted by atomic mass is 32.1. The maximum absolute atomic E-state index is 12.3. The van der Waals surface area contributed by atoms with E-state index in [4.69, 9.17) is 12.2 Å². The van der Waals surface area contributed by atoms with Crippen LogP contribution in [0.3, 0.4) is 0 Å². The summed E-state index contributed by atoms with van der Waals surface area (Å²) in [4.78, 5) is 30.4. The van der Waals surface area contributed by atoms with Crippen molar-refractivity contribution in [3.8, 4) is 5.69 Å². The van der Waals surface area contributed by atoms with Gasteiger partial charge in [-0.05, 0) is 91.4 Å². The number of nitrogens with one attached hydrogen (secondary N) is 2. The Kier molecular flexibility index (Phi) is 7.17. The van der Waals surface area contributed by atoms with Gasteiger partial charge < -0.3 is 25.2 Å². The number of anilines is 2. The number of carboxylic acids is 1. The maximum atomic E-state index is 12.3. The molecule has 0 aliphatic carbocycles. The van der Waals surface area contributed by atoms with E-state index in [0.29, 0.717) is 5.11 Å². The SMILES string of the molecule is Cc1cc(N2C(=S)N[C@@H](c3ccccn3)[C@@H]2c2cccn2-c2ccc(C(=O)O)cc2)ccc1NC(=O)C(C)C. The van der Waals surface area contributed by atoms with Gasteiger partial charge in [-0.1, -0.05) is 19.9 Å². The summed E-state index contributed by atoms with van der Waals surface area (Å²) >= 11 is 5.88. The Morgan fingerprint density at radius 3 is 2.41 bits per heavy atom. The molecule has 0 saturated carbocycles. The quantitative estimate of drug-likeness (QED) is 0.261. The zero-order valence-corrected chi connectivity index (χ0v) is 22.6. The van der Waals surface area contributed by atoms with E-state index < -0.39 is 5.97 Å². The lowest BCUT2D eigenvalue weighted by atomic mass is 10.00. The van der Waals surface area contributed by atoms with Crippen LogP contribution in [0.5, 0.6) is 0 Å². The van der Waals surface area contributed by atoms with E-state index in [-0.39, 0.29) is 29.5 Å². The molecular weight excluding hydrogens is 510 g/mol. The molecule has 0 spiro atoms. The zero-order chi connectivity index (χ0) is 27.7. The fourth-order valence-electron chi connectivity index (χ4n) is 4.78. The molecule has 3 N–H and O–H groups in total. The van der Waals surface area contributed by atoms with Gasteiger partial charge in [-0.3, -0.25) is 9.78 Å². The van der Waals surface area contributed by atoms with E-state index in [1.807, 2.05) is 80.1 Å². The number of hydrogen-bond acceptors (Lipinski definition) is 4. The van der Waals surface area contributed by atoms with Gasteiger partial charge in [-0.2, -0.15) is 0 Å². The predicted molar refractivity (Wildman–Crippen MR) is 155 cm³/mol. The number of carbonyl (C=O) groups is 2. The summed E-state index contributed by atoms with van der Waals surface area (Å²) in [6.45, 7) is 5.68. The molecule has 0 unspecified atom stereocenters. The number of pyridine rings is 1. The molecule has 2 aromatic carbocycles. The van der Waals surface area contributed by atoms with Crippen molar-refractivity contribution in [2.75, 3.05) is 10.2 Å². The summed E-state index contributed by atoms with van der Waals surface area (Å²) in [5, 5.41) is 16.4. The van der Waals surface area contributed by atoms with Crippen LogP contribution in [0.1, 0.15) is 53.2 Å². The van der Waals surface area contributed by atoms with Gasteiger partial charge in [0, 0.05) is 41.1 Å². The lowest BCUT2D eigenvalue weighted by Gasteiger charge is -2.29. The van der Waals surface area contributed by atoms with Crippen molar-refractivity contribution >= 4 is 40.6 Å². The standard InChI is InChI=1S/C30H29N5O3S/c1-18(2)28(36)32-23-14-13-22(17-19(23)3)35-27(26(33-30(35)39)24-7-4-5-15-31-24)25-8-6-16-34(25)21-11-9-20(10-12-21)29(37)38/h4-18,26-27H,1-3H3,(H,32,36)(H,33,39)(H,37,38)/t26-,27-/m0/s1. The number of aromatic carboxylic acids is 1. The summed E-state index contributed by atoms with van der Waals surface area (Å²) in [5.41, 5.74) is 5.42. The second kappa shape index (κ2) is 10.7. The van der Waals surface area contributed by atoms with Crippen LogP contribution in [0, 0.1) is 12.8 Å². The van der Waals surface area contributed by atoms with Crippen LogP contribution in [0.15, 0.2) is 85.2 Å². The largest absolute Gasteiger partial charge is 0.478 e. The third-order valence-corrected chi connectivity index (χ3v) is 7.16. The van der Waals surface area contributed by atoms with E-state index in [0.717, 1.165) is 34.0 Å². The van der Waals surface area contributed by atoms with Crippen LogP contribution in [0.25, 0.3) is 5.69 Å². The molecule has 39 heavy (non-hydrogen) atoms. The Morgan fingerprint density at radius 2 is 1.77 bits per heavy atom. The molecule has 2 aromatic heterocycles. The lowest BCUT2D eigenvalue weighted by molar-refractivity contribution is -0.118. The van der Waals surface area contributed by atoms with E-state index in [1.165, 1.54) is 0 Å².